The molecule has 0 N–H and O–H groups in total. The van der Waals surface area contributed by atoms with Gasteiger partial charge in [0.25, 0.3) is 0 Å². The Balaban J connectivity index is 2.14. The fraction of sp³-hybridized carbons (Fsp3) is 0.533. The maximum Gasteiger partial charge on any atom is 0.243 e. The summed E-state index contributed by atoms with van der Waals surface area (Å²) in [5.41, 5.74) is 0. The molecule has 0 saturated carbocycles. The Morgan fingerprint density at radius 3 is 2.64 bits per heavy atom. The van der Waals surface area contributed by atoms with Gasteiger partial charge in [-0.1, -0.05) is 22.0 Å². The van der Waals surface area contributed by atoms with Crippen molar-refractivity contribution in [3.63, 3.8) is 0 Å². The number of halogens is 1. The van der Waals surface area contributed by atoms with Crippen molar-refractivity contribution in [2.24, 2.45) is 5.92 Å². The van der Waals surface area contributed by atoms with Crippen molar-refractivity contribution in [2.45, 2.75) is 25.2 Å². The van der Waals surface area contributed by atoms with Gasteiger partial charge in [0, 0.05) is 30.7 Å². The van der Waals surface area contributed by atoms with Gasteiger partial charge in [0.15, 0.2) is 0 Å². The molecule has 1 saturated heterocycles. The normalized spacial score (nSPS) is 19.3. The second-order valence-corrected chi connectivity index (χ2v) is 8.17. The van der Waals surface area contributed by atoms with Gasteiger partial charge in [-0.05, 0) is 38.5 Å². The summed E-state index contributed by atoms with van der Waals surface area (Å²) in [6.45, 7) is 5.85. The Kier molecular flexibility index (Phi) is 5.63. The molecular formula is C15H21BrN2O3S. The lowest BCUT2D eigenvalue weighted by Crippen LogP contribution is -2.38. The van der Waals surface area contributed by atoms with Crippen LogP contribution in [0.1, 0.15) is 20.3 Å². The summed E-state index contributed by atoms with van der Waals surface area (Å²) in [6.07, 6.45) is 0.586. The average Bonchev–Trinajstić information content (AvgIpc) is 2.99. The number of sulfonamides is 1. The predicted octanol–water partition coefficient (Wildman–Crippen LogP) is 2.33. The topological polar surface area (TPSA) is 57.7 Å². The van der Waals surface area contributed by atoms with E-state index in [1.54, 1.807) is 29.2 Å². The molecule has 1 aliphatic heterocycles. The van der Waals surface area contributed by atoms with Crippen LogP contribution in [-0.4, -0.2) is 49.7 Å². The van der Waals surface area contributed by atoms with Crippen molar-refractivity contribution in [3.05, 3.63) is 28.7 Å². The predicted molar refractivity (Wildman–Crippen MR) is 88.9 cm³/mol. The summed E-state index contributed by atoms with van der Waals surface area (Å²) >= 11 is 3.29. The molecule has 1 atom stereocenters. The van der Waals surface area contributed by atoms with Gasteiger partial charge >= 0.3 is 0 Å². The first-order valence-corrected chi connectivity index (χ1v) is 9.68. The van der Waals surface area contributed by atoms with Gasteiger partial charge in [-0.2, -0.15) is 4.31 Å². The van der Waals surface area contributed by atoms with Crippen LogP contribution in [0.2, 0.25) is 0 Å². The van der Waals surface area contributed by atoms with E-state index < -0.39 is 10.0 Å². The van der Waals surface area contributed by atoms with Crippen LogP contribution in [0.25, 0.3) is 0 Å². The number of rotatable bonds is 5. The van der Waals surface area contributed by atoms with E-state index in [1.165, 1.54) is 4.31 Å². The zero-order chi connectivity index (χ0) is 16.3. The van der Waals surface area contributed by atoms with Gasteiger partial charge in [0.1, 0.15) is 0 Å². The lowest BCUT2D eigenvalue weighted by Gasteiger charge is -2.22. The van der Waals surface area contributed by atoms with E-state index in [0.717, 1.165) is 4.47 Å². The van der Waals surface area contributed by atoms with E-state index in [0.29, 0.717) is 26.1 Å². The summed E-state index contributed by atoms with van der Waals surface area (Å²) in [7, 11) is -3.53. The fourth-order valence-corrected chi connectivity index (χ4v) is 4.82. The number of carbonyl (C=O) groups is 1. The van der Waals surface area contributed by atoms with Gasteiger partial charge in [0.05, 0.1) is 10.8 Å². The smallest absolute Gasteiger partial charge is 0.243 e. The zero-order valence-corrected chi connectivity index (χ0v) is 15.2. The fourth-order valence-electron chi connectivity index (χ4n) is 2.72. The molecule has 1 heterocycles. The number of nitrogens with zero attached hydrogens (tertiary/aromatic N) is 2. The van der Waals surface area contributed by atoms with E-state index in [-0.39, 0.29) is 23.3 Å². The Hall–Kier alpha value is -0.920. The summed E-state index contributed by atoms with van der Waals surface area (Å²) in [4.78, 5) is 14.4. The van der Waals surface area contributed by atoms with Gasteiger partial charge < -0.3 is 4.90 Å². The Morgan fingerprint density at radius 1 is 1.36 bits per heavy atom. The molecule has 1 amide bonds. The lowest BCUT2D eigenvalue weighted by molar-refractivity contribution is -0.134. The minimum absolute atomic E-state index is 0.0527. The SMILES string of the molecule is CCN(CC)C(=O)C1CCN(S(=O)(=O)c2cccc(Br)c2)C1. The van der Waals surface area contributed by atoms with E-state index in [9.17, 15) is 13.2 Å². The molecule has 0 bridgehead atoms. The molecule has 1 fully saturated rings. The minimum atomic E-state index is -3.53. The molecule has 0 aliphatic carbocycles. The van der Waals surface area contributed by atoms with Crippen LogP contribution in [-0.2, 0) is 14.8 Å². The molecule has 1 aliphatic rings. The van der Waals surface area contributed by atoms with E-state index >= 15 is 0 Å². The Morgan fingerprint density at radius 2 is 2.05 bits per heavy atom. The average molecular weight is 389 g/mol. The van der Waals surface area contributed by atoms with Crippen LogP contribution in [0.5, 0.6) is 0 Å². The van der Waals surface area contributed by atoms with Crippen LogP contribution >= 0.6 is 15.9 Å². The highest BCUT2D eigenvalue weighted by Gasteiger charge is 2.37. The van der Waals surface area contributed by atoms with Crippen molar-refractivity contribution in [2.75, 3.05) is 26.2 Å². The van der Waals surface area contributed by atoms with Gasteiger partial charge in [-0.25, -0.2) is 8.42 Å². The molecule has 2 rings (SSSR count). The van der Waals surface area contributed by atoms with E-state index in [4.69, 9.17) is 0 Å². The molecule has 5 nitrogen and oxygen atoms in total. The summed E-state index contributed by atoms with van der Waals surface area (Å²) in [5.74, 6) is -0.182. The highest BCUT2D eigenvalue weighted by Crippen LogP contribution is 2.26. The number of benzene rings is 1. The molecule has 0 radical (unpaired) electrons. The maximum absolute atomic E-state index is 12.6. The second-order valence-electron chi connectivity index (χ2n) is 5.32. The van der Waals surface area contributed by atoms with Crippen molar-refractivity contribution >= 4 is 31.9 Å². The molecule has 1 aromatic carbocycles. The van der Waals surface area contributed by atoms with Crippen LogP contribution in [0.3, 0.4) is 0 Å². The van der Waals surface area contributed by atoms with Gasteiger partial charge in [-0.15, -0.1) is 0 Å². The lowest BCUT2D eigenvalue weighted by atomic mass is 10.1. The van der Waals surface area contributed by atoms with Gasteiger partial charge in [-0.3, -0.25) is 4.79 Å². The van der Waals surface area contributed by atoms with Gasteiger partial charge in [0.2, 0.25) is 15.9 Å². The second kappa shape index (κ2) is 7.10. The third kappa shape index (κ3) is 3.52. The van der Waals surface area contributed by atoms with Crippen molar-refractivity contribution < 1.29 is 13.2 Å². The number of hydrogen-bond donors (Lipinski definition) is 0. The number of amides is 1. The summed E-state index contributed by atoms with van der Waals surface area (Å²) in [5, 5.41) is 0. The third-order valence-electron chi connectivity index (χ3n) is 4.01. The third-order valence-corrected chi connectivity index (χ3v) is 6.36. The molecule has 0 aromatic heterocycles. The van der Waals surface area contributed by atoms with Crippen LogP contribution < -0.4 is 0 Å². The monoisotopic (exact) mass is 388 g/mol. The largest absolute Gasteiger partial charge is 0.343 e. The van der Waals surface area contributed by atoms with Crippen LogP contribution in [0.15, 0.2) is 33.6 Å². The van der Waals surface area contributed by atoms with E-state index in [1.807, 2.05) is 13.8 Å². The molecule has 7 heteroatoms. The number of hydrogen-bond acceptors (Lipinski definition) is 3. The van der Waals surface area contributed by atoms with E-state index in [2.05, 4.69) is 15.9 Å². The Labute approximate surface area is 140 Å². The zero-order valence-electron chi connectivity index (χ0n) is 12.8. The highest BCUT2D eigenvalue weighted by atomic mass is 79.9. The molecule has 0 spiro atoms. The molecule has 1 unspecified atom stereocenters. The highest BCUT2D eigenvalue weighted by molar-refractivity contribution is 9.10. The molecule has 122 valence electrons. The maximum atomic E-state index is 12.6. The summed E-state index contributed by atoms with van der Waals surface area (Å²) < 4.78 is 27.4. The first kappa shape index (κ1) is 17.4. The molecule has 22 heavy (non-hydrogen) atoms. The minimum Gasteiger partial charge on any atom is -0.343 e. The number of carbonyl (C=O) groups excluding carboxylic acids is 1. The van der Waals surface area contributed by atoms with Crippen LogP contribution in [0, 0.1) is 5.92 Å². The quantitative estimate of drug-likeness (QED) is 0.777. The standard InChI is InChI=1S/C15H21BrN2O3S/c1-3-17(4-2)15(19)12-8-9-18(11-12)22(20,21)14-7-5-6-13(16)10-14/h5-7,10,12H,3-4,8-9,11H2,1-2H3. The van der Waals surface area contributed by atoms with Crippen molar-refractivity contribution in [1.82, 2.24) is 9.21 Å². The first-order valence-electron chi connectivity index (χ1n) is 7.44. The van der Waals surface area contributed by atoms with Crippen molar-refractivity contribution in [1.29, 1.82) is 0 Å². The molecule has 1 aromatic rings. The van der Waals surface area contributed by atoms with Crippen LogP contribution in [0.4, 0.5) is 0 Å². The first-order chi connectivity index (χ1) is 10.4. The Bertz CT molecular complexity index is 644. The molecular weight excluding hydrogens is 368 g/mol. The summed E-state index contributed by atoms with van der Waals surface area (Å²) in [6, 6.07) is 6.66. The van der Waals surface area contributed by atoms with Crippen molar-refractivity contribution in [3.8, 4) is 0 Å².